The standard InChI is InChI=1S/C11H14O2/c1-6(2)9-10(12)7-3-4-8(5-7)11(9)13/h7-8H,3-5H2,1-2H3. The number of hydrogen-bond donors (Lipinski definition) is 0. The van der Waals surface area contributed by atoms with Gasteiger partial charge in [0.25, 0.3) is 0 Å². The number of hydrogen-bond acceptors (Lipinski definition) is 2. The molecule has 2 nitrogen and oxygen atoms in total. The van der Waals surface area contributed by atoms with Crippen molar-refractivity contribution < 1.29 is 9.59 Å². The van der Waals surface area contributed by atoms with Gasteiger partial charge in [0.1, 0.15) is 0 Å². The molecule has 0 saturated heterocycles. The molecule has 70 valence electrons. The van der Waals surface area contributed by atoms with E-state index < -0.39 is 0 Å². The largest absolute Gasteiger partial charge is 0.294 e. The third-order valence-electron chi connectivity index (χ3n) is 3.17. The van der Waals surface area contributed by atoms with E-state index in [9.17, 15) is 9.59 Å². The molecule has 0 aromatic rings. The van der Waals surface area contributed by atoms with Crippen LogP contribution in [0.5, 0.6) is 0 Å². The Hall–Kier alpha value is -0.920. The number of carbonyl (C=O) groups excluding carboxylic acids is 2. The van der Waals surface area contributed by atoms with E-state index in [0.29, 0.717) is 5.57 Å². The maximum atomic E-state index is 11.8. The van der Waals surface area contributed by atoms with Gasteiger partial charge in [-0.25, -0.2) is 0 Å². The van der Waals surface area contributed by atoms with Gasteiger partial charge in [0, 0.05) is 11.8 Å². The van der Waals surface area contributed by atoms with E-state index in [2.05, 4.69) is 0 Å². The summed E-state index contributed by atoms with van der Waals surface area (Å²) in [6.45, 7) is 3.71. The van der Waals surface area contributed by atoms with Crippen LogP contribution in [0.1, 0.15) is 33.1 Å². The second-order valence-electron chi connectivity index (χ2n) is 4.31. The lowest BCUT2D eigenvalue weighted by Gasteiger charge is -2.20. The van der Waals surface area contributed by atoms with Crippen LogP contribution < -0.4 is 0 Å². The fourth-order valence-electron chi connectivity index (χ4n) is 2.48. The third kappa shape index (κ3) is 1.16. The first kappa shape index (κ1) is 8.67. The first-order valence-corrected chi connectivity index (χ1v) is 4.87. The molecule has 2 atom stereocenters. The first-order chi connectivity index (χ1) is 6.11. The predicted molar refractivity (Wildman–Crippen MR) is 49.2 cm³/mol. The smallest absolute Gasteiger partial charge is 0.169 e. The van der Waals surface area contributed by atoms with Gasteiger partial charge < -0.3 is 0 Å². The molecule has 2 fully saturated rings. The Kier molecular flexibility index (Phi) is 1.86. The maximum Gasteiger partial charge on any atom is 0.169 e. The minimum absolute atomic E-state index is 0.110. The lowest BCUT2D eigenvalue weighted by Crippen LogP contribution is -2.29. The Morgan fingerprint density at radius 2 is 1.54 bits per heavy atom. The molecule has 0 amide bonds. The van der Waals surface area contributed by atoms with Gasteiger partial charge in [-0.05, 0) is 33.1 Å². The molecule has 13 heavy (non-hydrogen) atoms. The van der Waals surface area contributed by atoms with Gasteiger partial charge in [0.2, 0.25) is 0 Å². The van der Waals surface area contributed by atoms with Gasteiger partial charge >= 0.3 is 0 Å². The minimum atomic E-state index is 0.110. The normalized spacial score (nSPS) is 32.6. The highest BCUT2D eigenvalue weighted by Gasteiger charge is 2.43. The highest BCUT2D eigenvalue weighted by molar-refractivity contribution is 6.24. The van der Waals surface area contributed by atoms with Crippen molar-refractivity contribution in [1.82, 2.24) is 0 Å². The molecule has 0 aromatic carbocycles. The van der Waals surface area contributed by atoms with Crippen LogP contribution in [-0.4, -0.2) is 11.6 Å². The number of fused-ring (bicyclic) bond motifs is 2. The number of allylic oxidation sites excluding steroid dienone is 2. The molecule has 0 aromatic heterocycles. The summed E-state index contributed by atoms with van der Waals surface area (Å²) in [5, 5.41) is 0. The van der Waals surface area contributed by atoms with E-state index in [1.54, 1.807) is 0 Å². The fourth-order valence-corrected chi connectivity index (χ4v) is 2.48. The van der Waals surface area contributed by atoms with E-state index in [1.165, 1.54) is 0 Å². The highest BCUT2D eigenvalue weighted by atomic mass is 16.2. The van der Waals surface area contributed by atoms with Crippen molar-refractivity contribution in [2.75, 3.05) is 0 Å². The Labute approximate surface area is 78.0 Å². The molecule has 0 heterocycles. The van der Waals surface area contributed by atoms with E-state index in [1.807, 2.05) is 13.8 Å². The van der Waals surface area contributed by atoms with Crippen LogP contribution in [0.3, 0.4) is 0 Å². The van der Waals surface area contributed by atoms with E-state index >= 15 is 0 Å². The van der Waals surface area contributed by atoms with Crippen molar-refractivity contribution in [3.63, 3.8) is 0 Å². The summed E-state index contributed by atoms with van der Waals surface area (Å²) in [5.74, 6) is 0.540. The van der Waals surface area contributed by atoms with E-state index in [-0.39, 0.29) is 23.4 Å². The van der Waals surface area contributed by atoms with Crippen molar-refractivity contribution in [2.45, 2.75) is 33.1 Å². The Morgan fingerprint density at radius 3 is 1.92 bits per heavy atom. The zero-order chi connectivity index (χ0) is 9.59. The zero-order valence-corrected chi connectivity index (χ0v) is 8.09. The summed E-state index contributed by atoms with van der Waals surface area (Å²) in [6, 6.07) is 0. The van der Waals surface area contributed by atoms with Gasteiger partial charge in [-0.1, -0.05) is 5.57 Å². The van der Waals surface area contributed by atoms with E-state index in [4.69, 9.17) is 0 Å². The van der Waals surface area contributed by atoms with E-state index in [0.717, 1.165) is 24.8 Å². The van der Waals surface area contributed by atoms with Crippen LogP contribution in [0.25, 0.3) is 0 Å². The number of Topliss-reactive ketones (excluding diaryl/α,β-unsaturated/α-hetero) is 2. The molecule has 0 radical (unpaired) electrons. The van der Waals surface area contributed by atoms with Crippen LogP contribution >= 0.6 is 0 Å². The lowest BCUT2D eigenvalue weighted by atomic mass is 9.81. The van der Waals surface area contributed by atoms with Crippen LogP contribution in [0.4, 0.5) is 0 Å². The molecular weight excluding hydrogens is 164 g/mol. The summed E-state index contributed by atoms with van der Waals surface area (Å²) in [5.41, 5.74) is 1.41. The van der Waals surface area contributed by atoms with Gasteiger partial charge in [-0.15, -0.1) is 0 Å². The summed E-state index contributed by atoms with van der Waals surface area (Å²) in [4.78, 5) is 23.5. The lowest BCUT2D eigenvalue weighted by molar-refractivity contribution is -0.127. The molecule has 2 aliphatic rings. The van der Waals surface area contributed by atoms with Crippen LogP contribution in [-0.2, 0) is 9.59 Å². The molecule has 2 unspecified atom stereocenters. The second-order valence-corrected chi connectivity index (χ2v) is 4.31. The van der Waals surface area contributed by atoms with Gasteiger partial charge in [0.05, 0.1) is 5.57 Å². The van der Waals surface area contributed by atoms with Gasteiger partial charge in [0.15, 0.2) is 11.6 Å². The van der Waals surface area contributed by atoms with Crippen LogP contribution in [0, 0.1) is 11.8 Å². The summed E-state index contributed by atoms with van der Waals surface area (Å²) in [7, 11) is 0. The van der Waals surface area contributed by atoms with Crippen molar-refractivity contribution in [2.24, 2.45) is 11.8 Å². The van der Waals surface area contributed by atoms with Crippen molar-refractivity contribution in [1.29, 1.82) is 0 Å². The topological polar surface area (TPSA) is 34.1 Å². The molecule has 2 saturated carbocycles. The summed E-state index contributed by atoms with van der Waals surface area (Å²) < 4.78 is 0. The second kappa shape index (κ2) is 2.79. The zero-order valence-electron chi connectivity index (χ0n) is 8.09. The van der Waals surface area contributed by atoms with Crippen molar-refractivity contribution in [3.05, 3.63) is 11.1 Å². The number of ketones is 2. The monoisotopic (exact) mass is 178 g/mol. The molecule has 2 bridgehead atoms. The first-order valence-electron chi connectivity index (χ1n) is 4.87. The molecule has 0 spiro atoms. The minimum Gasteiger partial charge on any atom is -0.294 e. The average molecular weight is 178 g/mol. The number of rotatable bonds is 0. The van der Waals surface area contributed by atoms with Gasteiger partial charge in [-0.3, -0.25) is 9.59 Å². The Balaban J connectivity index is 2.45. The molecule has 0 N–H and O–H groups in total. The SMILES string of the molecule is CC(C)=C1C(=O)C2CCC(C2)C1=O. The average Bonchev–Trinajstić information content (AvgIpc) is 2.46. The molecule has 2 aliphatic carbocycles. The fraction of sp³-hybridized carbons (Fsp3) is 0.636. The molecule has 0 aliphatic heterocycles. The van der Waals surface area contributed by atoms with Crippen LogP contribution in [0.2, 0.25) is 0 Å². The third-order valence-corrected chi connectivity index (χ3v) is 3.17. The molecule has 2 heteroatoms. The van der Waals surface area contributed by atoms with Crippen molar-refractivity contribution >= 4 is 11.6 Å². The predicted octanol–water partition coefficient (Wildman–Crippen LogP) is 1.89. The van der Waals surface area contributed by atoms with Crippen LogP contribution in [0.15, 0.2) is 11.1 Å². The summed E-state index contributed by atoms with van der Waals surface area (Å²) in [6.07, 6.45) is 2.66. The van der Waals surface area contributed by atoms with Crippen molar-refractivity contribution in [3.8, 4) is 0 Å². The highest BCUT2D eigenvalue weighted by Crippen LogP contribution is 2.40. The Bertz CT molecular complexity index is 284. The number of carbonyl (C=O) groups is 2. The van der Waals surface area contributed by atoms with Gasteiger partial charge in [-0.2, -0.15) is 0 Å². The maximum absolute atomic E-state index is 11.8. The molecular formula is C11H14O2. The molecule has 2 rings (SSSR count). The quantitative estimate of drug-likeness (QED) is 0.419. The summed E-state index contributed by atoms with van der Waals surface area (Å²) >= 11 is 0. The Morgan fingerprint density at radius 1 is 1.08 bits per heavy atom.